The number of ether oxygens (including phenoxy) is 3. The Balaban J connectivity index is 0.00000385. The number of methoxy groups -OCH3 is 2. The van der Waals surface area contributed by atoms with Gasteiger partial charge in [0.05, 0.1) is 34.0 Å². The smallest absolute Gasteiger partial charge is 0.188 e. The van der Waals surface area contributed by atoms with Crippen molar-refractivity contribution in [3.8, 4) is 11.5 Å². The molecule has 6 nitrogen and oxygen atoms in total. The minimum Gasteiger partial charge on any atom is -0.493 e. The van der Waals surface area contributed by atoms with Gasteiger partial charge in [0.15, 0.2) is 17.5 Å². The van der Waals surface area contributed by atoms with E-state index >= 15 is 0 Å². The molecule has 33 heavy (non-hydrogen) atoms. The molecule has 0 radical (unpaired) electrons. The van der Waals surface area contributed by atoms with E-state index in [4.69, 9.17) is 19.9 Å². The zero-order valence-corrected chi connectivity index (χ0v) is 21.5. The van der Waals surface area contributed by atoms with Gasteiger partial charge in [-0.3, -0.25) is 0 Å². The second-order valence-electron chi connectivity index (χ2n) is 7.31. The standard InChI is InChI=1S/C26H31N3O3.HI/c1-30-24-13-12-20(16-25(24)31-2)14-15-28-26(27)29-17-22-10-6-7-11-23(22)19-32-18-21-8-4-3-5-9-21;/h3-13,16H,14-15,17-19H2,1-2H3,(H3,27,28,29);1H. The summed E-state index contributed by atoms with van der Waals surface area (Å²) in [5.41, 5.74) is 10.6. The molecule has 0 aliphatic carbocycles. The molecule has 0 aromatic heterocycles. The quantitative estimate of drug-likeness (QED) is 0.202. The number of hydrogen-bond acceptors (Lipinski definition) is 4. The number of aliphatic imine (C=N–C) groups is 1. The third-order valence-corrected chi connectivity index (χ3v) is 5.07. The number of nitrogens with two attached hydrogens (primary N) is 1. The van der Waals surface area contributed by atoms with Crippen molar-refractivity contribution in [1.29, 1.82) is 0 Å². The lowest BCUT2D eigenvalue weighted by Gasteiger charge is -2.11. The molecule has 0 aliphatic heterocycles. The van der Waals surface area contributed by atoms with Crippen molar-refractivity contribution in [3.63, 3.8) is 0 Å². The Morgan fingerprint density at radius 2 is 1.52 bits per heavy atom. The Kier molecular flexibility index (Phi) is 11.5. The summed E-state index contributed by atoms with van der Waals surface area (Å²) in [5, 5.41) is 3.18. The molecule has 0 spiro atoms. The summed E-state index contributed by atoms with van der Waals surface area (Å²) >= 11 is 0. The Labute approximate surface area is 213 Å². The number of hydrogen-bond donors (Lipinski definition) is 2. The minimum absolute atomic E-state index is 0. The number of halogens is 1. The van der Waals surface area contributed by atoms with E-state index in [0.717, 1.165) is 40.2 Å². The summed E-state index contributed by atoms with van der Waals surface area (Å²) in [7, 11) is 3.26. The third kappa shape index (κ3) is 8.58. The molecule has 0 bridgehead atoms. The number of nitrogens with one attached hydrogen (secondary N) is 1. The Morgan fingerprint density at radius 1 is 0.818 bits per heavy atom. The van der Waals surface area contributed by atoms with Crippen LogP contribution in [0.3, 0.4) is 0 Å². The van der Waals surface area contributed by atoms with Crippen LogP contribution in [0, 0.1) is 0 Å². The fraction of sp³-hybridized carbons (Fsp3) is 0.269. The summed E-state index contributed by atoms with van der Waals surface area (Å²) in [6, 6.07) is 24.2. The highest BCUT2D eigenvalue weighted by Crippen LogP contribution is 2.27. The van der Waals surface area contributed by atoms with Crippen molar-refractivity contribution in [2.45, 2.75) is 26.2 Å². The number of guanidine groups is 1. The molecule has 0 saturated heterocycles. The topological polar surface area (TPSA) is 78.1 Å². The molecule has 0 atom stereocenters. The number of benzene rings is 3. The van der Waals surface area contributed by atoms with E-state index in [1.54, 1.807) is 14.2 Å². The van der Waals surface area contributed by atoms with Crippen LogP contribution < -0.4 is 20.5 Å². The van der Waals surface area contributed by atoms with Crippen LogP contribution in [0.25, 0.3) is 0 Å². The van der Waals surface area contributed by atoms with Crippen molar-refractivity contribution in [2.75, 3.05) is 20.8 Å². The van der Waals surface area contributed by atoms with Gasteiger partial charge in [0.2, 0.25) is 0 Å². The fourth-order valence-electron chi connectivity index (χ4n) is 3.30. The highest BCUT2D eigenvalue weighted by atomic mass is 127. The van der Waals surface area contributed by atoms with Crippen molar-refractivity contribution >= 4 is 29.9 Å². The molecule has 0 fully saturated rings. The lowest BCUT2D eigenvalue weighted by atomic mass is 10.1. The van der Waals surface area contributed by atoms with Crippen molar-refractivity contribution < 1.29 is 14.2 Å². The lowest BCUT2D eigenvalue weighted by molar-refractivity contribution is 0.106. The molecule has 0 amide bonds. The predicted molar refractivity (Wildman–Crippen MR) is 143 cm³/mol. The van der Waals surface area contributed by atoms with Crippen LogP contribution in [0.15, 0.2) is 77.8 Å². The monoisotopic (exact) mass is 561 g/mol. The maximum absolute atomic E-state index is 6.08. The van der Waals surface area contributed by atoms with E-state index in [9.17, 15) is 0 Å². The zero-order valence-electron chi connectivity index (χ0n) is 19.1. The Morgan fingerprint density at radius 3 is 2.24 bits per heavy atom. The van der Waals surface area contributed by atoms with Crippen LogP contribution >= 0.6 is 24.0 Å². The van der Waals surface area contributed by atoms with Gasteiger partial charge in [0.25, 0.3) is 0 Å². The largest absolute Gasteiger partial charge is 0.493 e. The first kappa shape index (κ1) is 26.5. The van der Waals surface area contributed by atoms with E-state index in [0.29, 0.717) is 32.3 Å². The second-order valence-corrected chi connectivity index (χ2v) is 7.31. The van der Waals surface area contributed by atoms with Crippen LogP contribution in [-0.4, -0.2) is 26.7 Å². The van der Waals surface area contributed by atoms with Crippen LogP contribution in [0.5, 0.6) is 11.5 Å². The van der Waals surface area contributed by atoms with Gasteiger partial charge in [-0.05, 0) is 40.8 Å². The van der Waals surface area contributed by atoms with E-state index in [1.807, 2.05) is 48.5 Å². The maximum Gasteiger partial charge on any atom is 0.188 e. The lowest BCUT2D eigenvalue weighted by Crippen LogP contribution is -2.33. The van der Waals surface area contributed by atoms with Gasteiger partial charge in [0, 0.05) is 6.54 Å². The SMILES string of the molecule is COc1ccc(CCNC(N)=NCc2ccccc2COCc2ccccc2)cc1OC.I. The average molecular weight is 561 g/mol. The highest BCUT2D eigenvalue weighted by molar-refractivity contribution is 14.0. The molecule has 0 heterocycles. The Bertz CT molecular complexity index is 1010. The van der Waals surface area contributed by atoms with E-state index in [1.165, 1.54) is 0 Å². The molecule has 3 N–H and O–H groups in total. The summed E-state index contributed by atoms with van der Waals surface area (Å²) < 4.78 is 16.5. The molecule has 3 aromatic carbocycles. The van der Waals surface area contributed by atoms with Crippen molar-refractivity contribution in [2.24, 2.45) is 10.7 Å². The normalized spacial score (nSPS) is 10.9. The molecule has 176 valence electrons. The Hall–Kier alpha value is -2.78. The predicted octanol–water partition coefficient (Wildman–Crippen LogP) is 4.69. The molecule has 3 rings (SSSR count). The van der Waals surface area contributed by atoms with Gasteiger partial charge in [0.1, 0.15) is 0 Å². The minimum atomic E-state index is 0. The first-order chi connectivity index (χ1) is 15.7. The zero-order chi connectivity index (χ0) is 22.6. The summed E-state index contributed by atoms with van der Waals surface area (Å²) in [4.78, 5) is 4.50. The summed E-state index contributed by atoms with van der Waals surface area (Å²) in [6.07, 6.45) is 0.792. The summed E-state index contributed by atoms with van der Waals surface area (Å²) in [5.74, 6) is 1.86. The van der Waals surface area contributed by atoms with Crippen LogP contribution in [-0.2, 0) is 30.9 Å². The molecule has 3 aromatic rings. The first-order valence-electron chi connectivity index (χ1n) is 10.6. The van der Waals surface area contributed by atoms with Gasteiger partial charge < -0.3 is 25.3 Å². The average Bonchev–Trinajstić information content (AvgIpc) is 2.84. The molecular formula is C26H32IN3O3. The molecule has 0 saturated carbocycles. The van der Waals surface area contributed by atoms with Crippen molar-refractivity contribution in [1.82, 2.24) is 5.32 Å². The third-order valence-electron chi connectivity index (χ3n) is 5.07. The highest BCUT2D eigenvalue weighted by Gasteiger charge is 2.05. The molecule has 0 aliphatic rings. The number of rotatable bonds is 11. The van der Waals surface area contributed by atoms with Crippen LogP contribution in [0.1, 0.15) is 22.3 Å². The van der Waals surface area contributed by atoms with E-state index in [-0.39, 0.29) is 24.0 Å². The molecule has 0 unspecified atom stereocenters. The van der Waals surface area contributed by atoms with Crippen LogP contribution in [0.2, 0.25) is 0 Å². The van der Waals surface area contributed by atoms with Crippen molar-refractivity contribution in [3.05, 3.63) is 95.1 Å². The van der Waals surface area contributed by atoms with Gasteiger partial charge in [-0.15, -0.1) is 24.0 Å². The van der Waals surface area contributed by atoms with Gasteiger partial charge in [-0.2, -0.15) is 0 Å². The fourth-order valence-corrected chi connectivity index (χ4v) is 3.30. The summed E-state index contributed by atoms with van der Waals surface area (Å²) in [6.45, 7) is 2.29. The van der Waals surface area contributed by atoms with E-state index in [2.05, 4.69) is 34.6 Å². The van der Waals surface area contributed by atoms with Gasteiger partial charge in [-0.1, -0.05) is 60.7 Å². The molecule has 7 heteroatoms. The second kappa shape index (κ2) is 14.4. The van der Waals surface area contributed by atoms with Crippen LogP contribution in [0.4, 0.5) is 0 Å². The van der Waals surface area contributed by atoms with E-state index < -0.39 is 0 Å². The first-order valence-corrected chi connectivity index (χ1v) is 10.6. The van der Waals surface area contributed by atoms with Gasteiger partial charge >= 0.3 is 0 Å². The number of nitrogens with zero attached hydrogens (tertiary/aromatic N) is 1. The maximum atomic E-state index is 6.08. The molecular weight excluding hydrogens is 529 g/mol. The van der Waals surface area contributed by atoms with Gasteiger partial charge in [-0.25, -0.2) is 4.99 Å².